The van der Waals surface area contributed by atoms with Crippen LogP contribution in [0.3, 0.4) is 0 Å². The van der Waals surface area contributed by atoms with E-state index in [2.05, 4.69) is 5.32 Å². The van der Waals surface area contributed by atoms with Crippen molar-refractivity contribution in [2.24, 2.45) is 0 Å². The molecule has 31 heavy (non-hydrogen) atoms. The van der Waals surface area contributed by atoms with Gasteiger partial charge in [0.15, 0.2) is 0 Å². The summed E-state index contributed by atoms with van der Waals surface area (Å²) >= 11 is 0. The summed E-state index contributed by atoms with van der Waals surface area (Å²) in [5.41, 5.74) is 2.58. The molecule has 0 radical (unpaired) electrons. The van der Waals surface area contributed by atoms with E-state index in [1.807, 2.05) is 30.5 Å². The van der Waals surface area contributed by atoms with E-state index in [0.717, 1.165) is 21.5 Å². The van der Waals surface area contributed by atoms with Crippen LogP contribution in [0.1, 0.15) is 34.4 Å². The summed E-state index contributed by atoms with van der Waals surface area (Å²) in [5, 5.41) is 2.80. The molecule has 2 aromatic heterocycles. The Morgan fingerprint density at radius 2 is 1.94 bits per heavy atom. The molecule has 0 atom stereocenters. The zero-order chi connectivity index (χ0) is 22.8. The van der Waals surface area contributed by atoms with Gasteiger partial charge in [-0.2, -0.15) is 0 Å². The van der Waals surface area contributed by atoms with Gasteiger partial charge in [-0.05, 0) is 57.2 Å². The summed E-state index contributed by atoms with van der Waals surface area (Å²) in [7, 11) is -0.853. The highest BCUT2D eigenvalue weighted by molar-refractivity contribution is 7.89. The third-order valence-corrected chi connectivity index (χ3v) is 6.81. The number of benzene rings is 1. The fourth-order valence-corrected chi connectivity index (χ4v) is 4.34. The smallest absolute Gasteiger partial charge is 0.257 e. The number of ether oxygens (including phenoxy) is 1. The average Bonchev–Trinajstić information content (AvgIpc) is 3.33. The normalized spacial score (nSPS) is 11.7. The Hall–Kier alpha value is -3.04. The number of amides is 1. The molecule has 1 N–H and O–H groups in total. The first-order chi connectivity index (χ1) is 14.6. The lowest BCUT2D eigenvalue weighted by Crippen LogP contribution is -2.23. The maximum absolute atomic E-state index is 13.0. The van der Waals surface area contributed by atoms with Crippen LogP contribution in [0.15, 0.2) is 52.0 Å². The number of hydrogen-bond donors (Lipinski definition) is 1. The highest BCUT2D eigenvalue weighted by atomic mass is 32.2. The molecule has 0 aliphatic rings. The van der Waals surface area contributed by atoms with Gasteiger partial charge in [-0.15, -0.1) is 0 Å². The number of aryl methyl sites for hydroxylation is 1. The molecule has 9 heteroatoms. The fourth-order valence-electron chi connectivity index (χ4n) is 3.29. The molecule has 8 nitrogen and oxygen atoms in total. The maximum Gasteiger partial charge on any atom is 0.257 e. The number of furan rings is 1. The summed E-state index contributed by atoms with van der Waals surface area (Å²) in [6.07, 6.45) is 1.61. The third-order valence-electron chi connectivity index (χ3n) is 4.97. The molecular weight excluding hydrogens is 418 g/mol. The Labute approximate surface area is 182 Å². The van der Waals surface area contributed by atoms with Crippen LogP contribution in [0.4, 0.5) is 5.69 Å². The van der Waals surface area contributed by atoms with Crippen molar-refractivity contribution in [3.8, 4) is 5.75 Å². The Morgan fingerprint density at radius 1 is 1.19 bits per heavy atom. The van der Waals surface area contributed by atoms with E-state index in [-0.39, 0.29) is 16.6 Å². The number of nitrogens with one attached hydrogen (secondary N) is 1. The molecule has 0 bridgehead atoms. The van der Waals surface area contributed by atoms with Gasteiger partial charge >= 0.3 is 0 Å². The van der Waals surface area contributed by atoms with Gasteiger partial charge in [0.05, 0.1) is 25.0 Å². The predicted molar refractivity (Wildman–Crippen MR) is 118 cm³/mol. The number of nitrogens with zero attached hydrogens (tertiary/aromatic N) is 2. The summed E-state index contributed by atoms with van der Waals surface area (Å²) in [5.74, 6) is 0.709. The Bertz CT molecular complexity index is 1180. The molecule has 1 amide bonds. The summed E-state index contributed by atoms with van der Waals surface area (Å²) < 4.78 is 39.4. The van der Waals surface area contributed by atoms with Crippen LogP contribution in [0.2, 0.25) is 0 Å². The number of aromatic nitrogens is 1. The highest BCUT2D eigenvalue weighted by Crippen LogP contribution is 2.30. The standard InChI is InChI=1S/C22H27N3O5S/c1-6-29-20-10-9-17(13-21(20)31(27,28)24(4)5)23-22(26)19-12-15(2)25(16(19)3)14-18-8-7-11-30-18/h7-13H,6,14H2,1-5H3,(H,23,26). The summed E-state index contributed by atoms with van der Waals surface area (Å²) in [6.45, 7) is 6.41. The van der Waals surface area contributed by atoms with Crippen LogP contribution in [-0.4, -0.2) is 43.9 Å². The number of hydrogen-bond acceptors (Lipinski definition) is 5. The summed E-state index contributed by atoms with van der Waals surface area (Å²) in [4.78, 5) is 13.0. The lowest BCUT2D eigenvalue weighted by atomic mass is 10.2. The van der Waals surface area contributed by atoms with Crippen molar-refractivity contribution in [1.29, 1.82) is 0 Å². The molecule has 2 heterocycles. The minimum Gasteiger partial charge on any atom is -0.492 e. The monoisotopic (exact) mass is 445 g/mol. The lowest BCUT2D eigenvalue weighted by molar-refractivity contribution is 0.102. The van der Waals surface area contributed by atoms with Crippen molar-refractivity contribution in [2.45, 2.75) is 32.2 Å². The van der Waals surface area contributed by atoms with Gasteiger partial charge in [0.25, 0.3) is 5.91 Å². The molecule has 0 aliphatic carbocycles. The van der Waals surface area contributed by atoms with Gasteiger partial charge < -0.3 is 19.0 Å². The van der Waals surface area contributed by atoms with E-state index in [0.29, 0.717) is 24.4 Å². The van der Waals surface area contributed by atoms with E-state index in [1.165, 1.54) is 20.2 Å². The molecule has 3 rings (SSSR count). The second-order valence-electron chi connectivity index (χ2n) is 7.29. The molecule has 0 fully saturated rings. The lowest BCUT2D eigenvalue weighted by Gasteiger charge is -2.16. The van der Waals surface area contributed by atoms with Crippen LogP contribution in [0, 0.1) is 13.8 Å². The van der Waals surface area contributed by atoms with E-state index in [4.69, 9.17) is 9.15 Å². The molecule has 3 aromatic rings. The first kappa shape index (κ1) is 22.6. The van der Waals surface area contributed by atoms with Crippen molar-refractivity contribution in [1.82, 2.24) is 8.87 Å². The van der Waals surface area contributed by atoms with E-state index in [9.17, 15) is 13.2 Å². The van der Waals surface area contributed by atoms with Gasteiger partial charge in [0, 0.05) is 31.2 Å². The van der Waals surface area contributed by atoms with Crippen molar-refractivity contribution < 1.29 is 22.4 Å². The zero-order valence-corrected chi connectivity index (χ0v) is 19.1. The van der Waals surface area contributed by atoms with Crippen molar-refractivity contribution >= 4 is 21.6 Å². The van der Waals surface area contributed by atoms with Crippen LogP contribution < -0.4 is 10.1 Å². The minimum absolute atomic E-state index is 0.000409. The third kappa shape index (κ3) is 4.67. The van der Waals surface area contributed by atoms with Crippen LogP contribution in [-0.2, 0) is 16.6 Å². The number of anilines is 1. The second-order valence-corrected chi connectivity index (χ2v) is 9.41. The van der Waals surface area contributed by atoms with E-state index < -0.39 is 10.0 Å². The molecule has 1 aromatic carbocycles. The number of carbonyl (C=O) groups excluding carboxylic acids is 1. The van der Waals surface area contributed by atoms with Crippen molar-refractivity contribution in [3.63, 3.8) is 0 Å². The number of sulfonamides is 1. The molecule has 0 unspecified atom stereocenters. The fraction of sp³-hybridized carbons (Fsp3) is 0.318. The van der Waals surface area contributed by atoms with E-state index in [1.54, 1.807) is 31.4 Å². The molecule has 0 saturated heterocycles. The van der Waals surface area contributed by atoms with Gasteiger partial charge in [0.2, 0.25) is 10.0 Å². The van der Waals surface area contributed by atoms with Gasteiger partial charge in [-0.3, -0.25) is 4.79 Å². The van der Waals surface area contributed by atoms with Gasteiger partial charge in [-0.1, -0.05) is 0 Å². The van der Waals surface area contributed by atoms with Crippen molar-refractivity contribution in [2.75, 3.05) is 26.0 Å². The zero-order valence-electron chi connectivity index (χ0n) is 18.3. The topological polar surface area (TPSA) is 93.8 Å². The first-order valence-corrected chi connectivity index (χ1v) is 11.3. The SMILES string of the molecule is CCOc1ccc(NC(=O)c2cc(C)n(Cc3ccco3)c2C)cc1S(=O)(=O)N(C)C. The number of carbonyl (C=O) groups is 1. The first-order valence-electron chi connectivity index (χ1n) is 9.85. The quantitative estimate of drug-likeness (QED) is 0.571. The Morgan fingerprint density at radius 3 is 2.55 bits per heavy atom. The molecular formula is C22H27N3O5S. The molecule has 0 saturated carbocycles. The summed E-state index contributed by atoms with van der Waals surface area (Å²) in [6, 6.07) is 10.1. The Balaban J connectivity index is 1.90. The molecule has 0 aliphatic heterocycles. The average molecular weight is 446 g/mol. The molecule has 0 spiro atoms. The van der Waals surface area contributed by atoms with Crippen LogP contribution in [0.5, 0.6) is 5.75 Å². The minimum atomic E-state index is -3.75. The van der Waals surface area contributed by atoms with E-state index >= 15 is 0 Å². The predicted octanol–water partition coefficient (Wildman–Crippen LogP) is 3.65. The number of rotatable bonds is 8. The Kier molecular flexibility index (Phi) is 6.56. The van der Waals surface area contributed by atoms with Crippen molar-refractivity contribution in [3.05, 3.63) is 65.4 Å². The highest BCUT2D eigenvalue weighted by Gasteiger charge is 2.24. The largest absolute Gasteiger partial charge is 0.492 e. The van der Waals surface area contributed by atoms with Gasteiger partial charge in [-0.25, -0.2) is 12.7 Å². The second kappa shape index (κ2) is 8.99. The van der Waals surface area contributed by atoms with Crippen LogP contribution >= 0.6 is 0 Å². The maximum atomic E-state index is 13.0. The van der Waals surface area contributed by atoms with Gasteiger partial charge in [0.1, 0.15) is 16.4 Å². The van der Waals surface area contributed by atoms with Crippen LogP contribution in [0.25, 0.3) is 0 Å². The molecule has 166 valence electrons.